The van der Waals surface area contributed by atoms with Crippen molar-refractivity contribution in [2.24, 2.45) is 0 Å². The molecule has 1 aliphatic heterocycles. The number of ether oxygens (including phenoxy) is 4. The Bertz CT molecular complexity index is 1300. The Balaban J connectivity index is 1.62. The number of benzene rings is 2. The Morgan fingerprint density at radius 1 is 0.978 bits per heavy atom. The zero-order chi connectivity index (χ0) is 33.5. The van der Waals surface area contributed by atoms with Crippen LogP contribution in [0.5, 0.6) is 0 Å². The molecule has 0 unspecified atom stereocenters. The van der Waals surface area contributed by atoms with Gasteiger partial charge in [0.15, 0.2) is 0 Å². The van der Waals surface area contributed by atoms with Crippen molar-refractivity contribution < 1.29 is 58.9 Å². The van der Waals surface area contributed by atoms with Gasteiger partial charge in [-0.1, -0.05) is 60.5 Å². The maximum Gasteiger partial charge on any atom is 0.364 e. The van der Waals surface area contributed by atoms with E-state index in [9.17, 15) is 39.9 Å². The lowest BCUT2D eigenvalue weighted by molar-refractivity contribution is -0.312. The number of rotatable bonds is 18. The molecule has 1 fully saturated rings. The predicted molar refractivity (Wildman–Crippen MR) is 162 cm³/mol. The summed E-state index contributed by atoms with van der Waals surface area (Å²) in [5.74, 6) is -3.26. The summed E-state index contributed by atoms with van der Waals surface area (Å²) in [5, 5.41) is 56.6. The second-order valence-corrected chi connectivity index (χ2v) is 10.5. The van der Waals surface area contributed by atoms with E-state index in [1.165, 1.54) is 0 Å². The number of hydrogen-bond donors (Lipinski definition) is 7. The van der Waals surface area contributed by atoms with Crippen molar-refractivity contribution in [1.82, 2.24) is 10.6 Å². The summed E-state index contributed by atoms with van der Waals surface area (Å²) in [6, 6.07) is 15.6. The molecular formula is C32H40N2O12. The minimum atomic E-state index is -2.50. The number of aliphatic hydroxyl groups is 4. The highest BCUT2D eigenvalue weighted by Crippen LogP contribution is 2.33. The molecule has 2 amide bonds. The summed E-state index contributed by atoms with van der Waals surface area (Å²) in [5.41, 5.74) is 2.69. The zero-order valence-electron chi connectivity index (χ0n) is 25.1. The first-order chi connectivity index (χ1) is 22.1. The first-order valence-corrected chi connectivity index (χ1v) is 14.6. The number of hydrogen-bond acceptors (Lipinski definition) is 11. The van der Waals surface area contributed by atoms with Crippen LogP contribution in [0.4, 0.5) is 0 Å². The van der Waals surface area contributed by atoms with E-state index in [4.69, 9.17) is 25.4 Å². The Hall–Kier alpha value is -3.91. The van der Waals surface area contributed by atoms with Gasteiger partial charge in [0.25, 0.3) is 5.79 Å². The number of nitrogens with one attached hydrogen (secondary N) is 2. The van der Waals surface area contributed by atoms with Crippen LogP contribution < -0.4 is 10.6 Å². The average molecular weight is 645 g/mol. The van der Waals surface area contributed by atoms with Crippen LogP contribution in [0.25, 0.3) is 11.1 Å². The summed E-state index contributed by atoms with van der Waals surface area (Å²) in [4.78, 5) is 36.9. The molecule has 0 spiro atoms. The molecule has 1 heterocycles. The van der Waals surface area contributed by atoms with E-state index in [-0.39, 0.29) is 39.5 Å². The summed E-state index contributed by atoms with van der Waals surface area (Å²) in [7, 11) is 0. The number of carbonyl (C=O) groups is 3. The van der Waals surface area contributed by atoms with E-state index < -0.39 is 73.6 Å². The third-order valence-electron chi connectivity index (χ3n) is 7.16. The second-order valence-electron chi connectivity index (χ2n) is 10.5. The van der Waals surface area contributed by atoms with Crippen molar-refractivity contribution in [1.29, 1.82) is 0 Å². The molecule has 3 rings (SSSR count). The molecule has 14 heteroatoms. The van der Waals surface area contributed by atoms with Crippen molar-refractivity contribution in [3.05, 3.63) is 60.2 Å². The Kier molecular flexibility index (Phi) is 14.5. The molecular weight excluding hydrogens is 604 g/mol. The number of carboxylic acid groups (broad SMARTS) is 1. The van der Waals surface area contributed by atoms with Gasteiger partial charge in [-0.2, -0.15) is 0 Å². The van der Waals surface area contributed by atoms with E-state index in [0.29, 0.717) is 5.56 Å². The third-order valence-corrected chi connectivity index (χ3v) is 7.16. The molecule has 6 atom stereocenters. The lowest BCUT2D eigenvalue weighted by Crippen LogP contribution is -2.68. The van der Waals surface area contributed by atoms with Gasteiger partial charge in [0.2, 0.25) is 11.8 Å². The van der Waals surface area contributed by atoms with Crippen LogP contribution in [0.3, 0.4) is 0 Å². The Morgan fingerprint density at radius 2 is 1.63 bits per heavy atom. The predicted octanol–water partition coefficient (Wildman–Crippen LogP) is -1.18. The van der Waals surface area contributed by atoms with E-state index in [0.717, 1.165) is 11.1 Å². The van der Waals surface area contributed by atoms with Crippen LogP contribution in [-0.2, 0) is 39.8 Å². The molecule has 0 saturated carbocycles. The highest BCUT2D eigenvalue weighted by molar-refractivity contribution is 5.79. The number of terminal acetylenes is 1. The van der Waals surface area contributed by atoms with Crippen LogP contribution in [0.15, 0.2) is 54.6 Å². The van der Waals surface area contributed by atoms with Gasteiger partial charge in [0.1, 0.15) is 25.4 Å². The van der Waals surface area contributed by atoms with Crippen LogP contribution in [0.2, 0.25) is 0 Å². The quantitative estimate of drug-likeness (QED) is 0.0755. The fourth-order valence-electron chi connectivity index (χ4n) is 4.82. The largest absolute Gasteiger partial charge is 0.477 e. The fourth-order valence-corrected chi connectivity index (χ4v) is 4.82. The average Bonchev–Trinajstić information content (AvgIpc) is 3.06. The first-order valence-electron chi connectivity index (χ1n) is 14.6. The number of aliphatic carboxylic acids is 1. The number of amides is 2. The van der Waals surface area contributed by atoms with Crippen LogP contribution in [0, 0.1) is 12.3 Å². The number of aliphatic hydroxyl groups excluding tert-OH is 4. The molecule has 1 aliphatic rings. The van der Waals surface area contributed by atoms with Crippen molar-refractivity contribution >= 4 is 17.8 Å². The molecule has 0 aliphatic carbocycles. The lowest BCUT2D eigenvalue weighted by atomic mass is 9.88. The normalized spacial score (nSPS) is 22.3. The molecule has 14 nitrogen and oxygen atoms in total. The smallest absolute Gasteiger partial charge is 0.364 e. The van der Waals surface area contributed by atoms with Crippen LogP contribution >= 0.6 is 0 Å². The third kappa shape index (κ3) is 10.6. The molecule has 1 saturated heterocycles. The van der Waals surface area contributed by atoms with Gasteiger partial charge in [-0.25, -0.2) is 4.79 Å². The van der Waals surface area contributed by atoms with E-state index in [2.05, 4.69) is 16.6 Å². The molecule has 250 valence electrons. The van der Waals surface area contributed by atoms with E-state index >= 15 is 0 Å². The van der Waals surface area contributed by atoms with Gasteiger partial charge in [-0.05, 0) is 16.7 Å². The standard InChI is InChI=1S/C32H40N2O12/c1-2-12-43-13-14-44-15-16-45-32(31(41)42)18-24(36)28(34-27(39)20-35)30(46-32)29(40)25(37)19-33-26(38)17-21-8-10-23(11-9-21)22-6-4-3-5-7-22/h1,3-11,24-25,28-30,35-37,40H,12-20H2,(H,33,38)(H,34,39)(H,41,42)/t24-,25+,28+,29+,30+,32-/m1/s1. The molecule has 0 aromatic heterocycles. The van der Waals surface area contributed by atoms with Gasteiger partial charge in [-0.3, -0.25) is 9.59 Å². The van der Waals surface area contributed by atoms with E-state index in [1.54, 1.807) is 12.1 Å². The number of carboxylic acids is 1. The van der Waals surface area contributed by atoms with Crippen LogP contribution in [-0.4, -0.2) is 126 Å². The monoisotopic (exact) mass is 644 g/mol. The summed E-state index contributed by atoms with van der Waals surface area (Å²) in [6.07, 6.45) is -2.68. The summed E-state index contributed by atoms with van der Waals surface area (Å²) >= 11 is 0. The zero-order valence-corrected chi connectivity index (χ0v) is 25.1. The van der Waals surface area contributed by atoms with Gasteiger partial charge in [-0.15, -0.1) is 6.42 Å². The minimum Gasteiger partial charge on any atom is -0.477 e. The van der Waals surface area contributed by atoms with Crippen molar-refractivity contribution in [2.75, 3.05) is 46.2 Å². The molecule has 0 radical (unpaired) electrons. The molecule has 46 heavy (non-hydrogen) atoms. The topological polar surface area (TPSA) is 213 Å². The van der Waals surface area contributed by atoms with Gasteiger partial charge in [0, 0.05) is 13.0 Å². The molecule has 2 aromatic rings. The second kappa shape index (κ2) is 18.3. The summed E-state index contributed by atoms with van der Waals surface area (Å²) in [6.45, 7) is -1.41. The van der Waals surface area contributed by atoms with Gasteiger partial charge in [0.05, 0.1) is 51.1 Å². The maximum atomic E-state index is 12.6. The molecule has 2 aromatic carbocycles. The SMILES string of the molecule is C#CCOCCOCCO[C@]1(C(=O)O)C[C@@H](O)[C@H](NC(=O)CO)[C@@H]([C@@H](O)[C@@H](O)CNC(=O)Cc2ccc(-c3ccccc3)cc2)O1. The Morgan fingerprint density at radius 3 is 2.28 bits per heavy atom. The highest BCUT2D eigenvalue weighted by atomic mass is 16.7. The van der Waals surface area contributed by atoms with Crippen LogP contribution in [0.1, 0.15) is 12.0 Å². The van der Waals surface area contributed by atoms with Crippen molar-refractivity contribution in [3.63, 3.8) is 0 Å². The number of carbonyl (C=O) groups excluding carboxylic acids is 2. The Labute approximate surface area is 266 Å². The molecule has 0 bridgehead atoms. The first kappa shape index (κ1) is 36.6. The van der Waals surface area contributed by atoms with Gasteiger partial charge >= 0.3 is 5.97 Å². The van der Waals surface area contributed by atoms with E-state index in [1.807, 2.05) is 42.5 Å². The lowest BCUT2D eigenvalue weighted by Gasteiger charge is -2.46. The summed E-state index contributed by atoms with van der Waals surface area (Å²) < 4.78 is 21.5. The maximum absolute atomic E-state index is 12.6. The fraction of sp³-hybridized carbons (Fsp3) is 0.469. The molecule has 7 N–H and O–H groups in total. The minimum absolute atomic E-state index is 0.0280. The van der Waals surface area contributed by atoms with Crippen molar-refractivity contribution in [3.8, 4) is 23.5 Å². The van der Waals surface area contributed by atoms with Crippen molar-refractivity contribution in [2.45, 2.75) is 49.1 Å². The highest BCUT2D eigenvalue weighted by Gasteiger charge is 2.55. The van der Waals surface area contributed by atoms with Gasteiger partial charge < -0.3 is 55.1 Å².